The Bertz CT molecular complexity index is 1150. The van der Waals surface area contributed by atoms with Gasteiger partial charge >= 0.3 is 0 Å². The quantitative estimate of drug-likeness (QED) is 0.646. The van der Waals surface area contributed by atoms with E-state index in [1.165, 1.54) is 28.6 Å². The molecule has 0 unspecified atom stereocenters. The van der Waals surface area contributed by atoms with Gasteiger partial charge in [-0.1, -0.05) is 12.1 Å². The van der Waals surface area contributed by atoms with E-state index < -0.39 is 27.7 Å². The third-order valence-corrected chi connectivity index (χ3v) is 7.45. The van der Waals surface area contributed by atoms with Crippen LogP contribution in [0.1, 0.15) is 41.0 Å². The molecule has 1 saturated heterocycles. The summed E-state index contributed by atoms with van der Waals surface area (Å²) in [7, 11) is -3.67. The lowest BCUT2D eigenvalue weighted by Gasteiger charge is -2.34. The van der Waals surface area contributed by atoms with Crippen LogP contribution in [0.25, 0.3) is 0 Å². The van der Waals surface area contributed by atoms with Crippen molar-refractivity contribution in [2.75, 3.05) is 25.0 Å². The molecule has 0 bridgehead atoms. The van der Waals surface area contributed by atoms with Crippen LogP contribution in [0.3, 0.4) is 0 Å². The molecular weight excluding hydrogens is 446 g/mol. The summed E-state index contributed by atoms with van der Waals surface area (Å²) in [5, 5.41) is 2.67. The predicted molar refractivity (Wildman–Crippen MR) is 120 cm³/mol. The van der Waals surface area contributed by atoms with E-state index >= 15 is 0 Å². The number of carbonyl (C=O) groups is 3. The van der Waals surface area contributed by atoms with Crippen LogP contribution in [0, 0.1) is 0 Å². The van der Waals surface area contributed by atoms with Crippen molar-refractivity contribution in [2.24, 2.45) is 0 Å². The Kier molecular flexibility index (Phi) is 6.33. The lowest BCUT2D eigenvalue weighted by atomic mass is 10.1. The number of benzene rings is 2. The van der Waals surface area contributed by atoms with E-state index in [4.69, 9.17) is 4.74 Å². The van der Waals surface area contributed by atoms with E-state index in [9.17, 15) is 22.8 Å². The Morgan fingerprint density at radius 2 is 1.52 bits per heavy atom. The van der Waals surface area contributed by atoms with E-state index in [2.05, 4.69) is 5.32 Å². The number of anilines is 1. The van der Waals surface area contributed by atoms with Gasteiger partial charge in [-0.15, -0.1) is 0 Å². The number of nitrogens with one attached hydrogen (secondary N) is 1. The number of imide groups is 1. The van der Waals surface area contributed by atoms with Gasteiger partial charge in [0.15, 0.2) is 0 Å². The van der Waals surface area contributed by atoms with Gasteiger partial charge in [-0.3, -0.25) is 19.3 Å². The molecule has 10 heteroatoms. The number of carbonyl (C=O) groups excluding carboxylic acids is 3. The highest BCUT2D eigenvalue weighted by Crippen LogP contribution is 2.24. The van der Waals surface area contributed by atoms with Crippen LogP contribution in [-0.2, 0) is 19.6 Å². The lowest BCUT2D eigenvalue weighted by molar-refractivity contribution is -0.116. The second-order valence-electron chi connectivity index (χ2n) is 8.21. The predicted octanol–water partition coefficient (Wildman–Crippen LogP) is 2.11. The molecule has 9 nitrogen and oxygen atoms in total. The van der Waals surface area contributed by atoms with Gasteiger partial charge in [0.2, 0.25) is 15.9 Å². The Morgan fingerprint density at radius 1 is 0.970 bits per heavy atom. The van der Waals surface area contributed by atoms with Gasteiger partial charge in [-0.25, -0.2) is 8.42 Å². The number of hydrogen-bond acceptors (Lipinski definition) is 6. The normalized spacial score (nSPS) is 21.2. The Hall–Kier alpha value is -3.08. The molecule has 0 spiro atoms. The van der Waals surface area contributed by atoms with Gasteiger partial charge in [0.05, 0.1) is 28.2 Å². The van der Waals surface area contributed by atoms with Gasteiger partial charge in [0, 0.05) is 31.7 Å². The highest BCUT2D eigenvalue weighted by molar-refractivity contribution is 7.89. The standard InChI is InChI=1S/C23H25N3O6S/c1-15-13-25(14-16(2)32-15)33(30,31)18-9-7-17(8-10-18)24-21(27)11-12-26-22(28)19-5-3-4-6-20(19)23(26)29/h3-10,15-16H,11-14H2,1-2H3,(H,24,27)/t15-,16-/m1/s1. The monoisotopic (exact) mass is 471 g/mol. The molecule has 2 atom stereocenters. The molecule has 2 aromatic carbocycles. The SMILES string of the molecule is C[C@@H]1CN(S(=O)(=O)c2ccc(NC(=O)CCN3C(=O)c4ccccc4C3=O)cc2)C[C@@H](C)O1. The Balaban J connectivity index is 1.35. The molecule has 1 N–H and O–H groups in total. The first-order chi connectivity index (χ1) is 15.7. The maximum atomic E-state index is 12.9. The molecule has 0 aliphatic carbocycles. The largest absolute Gasteiger partial charge is 0.373 e. The van der Waals surface area contributed by atoms with E-state index in [-0.39, 0.29) is 43.2 Å². The topological polar surface area (TPSA) is 113 Å². The van der Waals surface area contributed by atoms with Crippen LogP contribution >= 0.6 is 0 Å². The van der Waals surface area contributed by atoms with Gasteiger partial charge in [-0.2, -0.15) is 4.31 Å². The van der Waals surface area contributed by atoms with Crippen molar-refractivity contribution in [3.05, 3.63) is 59.7 Å². The maximum Gasteiger partial charge on any atom is 0.261 e. The van der Waals surface area contributed by atoms with E-state index in [1.807, 2.05) is 13.8 Å². The van der Waals surface area contributed by atoms with Gasteiger partial charge in [0.1, 0.15) is 0 Å². The number of ether oxygens (including phenoxy) is 1. The number of morpholine rings is 1. The summed E-state index contributed by atoms with van der Waals surface area (Å²) >= 11 is 0. The number of sulfonamides is 1. The maximum absolute atomic E-state index is 12.9. The van der Waals surface area contributed by atoms with Gasteiger partial charge in [0.25, 0.3) is 11.8 Å². The fraction of sp³-hybridized carbons (Fsp3) is 0.348. The van der Waals surface area contributed by atoms with Crippen molar-refractivity contribution in [3.63, 3.8) is 0 Å². The number of hydrogen-bond donors (Lipinski definition) is 1. The molecule has 0 radical (unpaired) electrons. The summed E-state index contributed by atoms with van der Waals surface area (Å²) < 4.78 is 32.9. The minimum atomic E-state index is -3.67. The molecule has 174 valence electrons. The van der Waals surface area contributed by atoms with Crippen molar-refractivity contribution >= 4 is 33.4 Å². The summed E-state index contributed by atoms with van der Waals surface area (Å²) in [6, 6.07) is 12.5. The zero-order valence-corrected chi connectivity index (χ0v) is 19.2. The number of rotatable bonds is 6. The lowest BCUT2D eigenvalue weighted by Crippen LogP contribution is -2.48. The zero-order chi connectivity index (χ0) is 23.8. The van der Waals surface area contributed by atoms with Crippen LogP contribution in [0.4, 0.5) is 5.69 Å². The molecule has 33 heavy (non-hydrogen) atoms. The average molecular weight is 472 g/mol. The molecule has 2 aliphatic rings. The molecule has 2 heterocycles. The number of fused-ring (bicyclic) bond motifs is 1. The van der Waals surface area contributed by atoms with Crippen molar-refractivity contribution in [1.29, 1.82) is 0 Å². The second-order valence-corrected chi connectivity index (χ2v) is 10.1. The fourth-order valence-electron chi connectivity index (χ4n) is 4.07. The zero-order valence-electron chi connectivity index (χ0n) is 18.4. The summed E-state index contributed by atoms with van der Waals surface area (Å²) in [6.07, 6.45) is -0.455. The van der Waals surface area contributed by atoms with Crippen molar-refractivity contribution in [1.82, 2.24) is 9.21 Å². The first-order valence-electron chi connectivity index (χ1n) is 10.7. The van der Waals surface area contributed by atoms with Crippen LogP contribution in [0.2, 0.25) is 0 Å². The van der Waals surface area contributed by atoms with Gasteiger partial charge < -0.3 is 10.1 Å². The molecular formula is C23H25N3O6S. The first-order valence-corrected chi connectivity index (χ1v) is 12.1. The van der Waals surface area contributed by atoms with Gasteiger partial charge in [-0.05, 0) is 50.2 Å². The first kappa shape index (κ1) is 23.1. The highest BCUT2D eigenvalue weighted by Gasteiger charge is 2.35. The van der Waals surface area contributed by atoms with E-state index in [0.717, 1.165) is 4.90 Å². The Morgan fingerprint density at radius 3 is 2.06 bits per heavy atom. The van der Waals surface area contributed by atoms with Crippen LogP contribution in [-0.4, -0.2) is 67.2 Å². The summed E-state index contributed by atoms with van der Waals surface area (Å²) in [5.41, 5.74) is 1.09. The second kappa shape index (κ2) is 9.05. The molecule has 0 saturated carbocycles. The van der Waals surface area contributed by atoms with Crippen molar-refractivity contribution < 1.29 is 27.5 Å². The van der Waals surface area contributed by atoms with E-state index in [1.54, 1.807) is 24.3 Å². The molecule has 2 aliphatic heterocycles. The van der Waals surface area contributed by atoms with Crippen molar-refractivity contribution in [2.45, 2.75) is 37.4 Å². The fourth-order valence-corrected chi connectivity index (χ4v) is 5.66. The van der Waals surface area contributed by atoms with Crippen molar-refractivity contribution in [3.8, 4) is 0 Å². The number of nitrogens with zero attached hydrogens (tertiary/aromatic N) is 2. The smallest absolute Gasteiger partial charge is 0.261 e. The number of amides is 3. The summed E-state index contributed by atoms with van der Waals surface area (Å²) in [6.45, 7) is 4.18. The van der Waals surface area contributed by atoms with Crippen LogP contribution in [0.15, 0.2) is 53.4 Å². The third-order valence-electron chi connectivity index (χ3n) is 5.60. The molecule has 0 aromatic heterocycles. The van der Waals surface area contributed by atoms with Crippen LogP contribution in [0.5, 0.6) is 0 Å². The van der Waals surface area contributed by atoms with E-state index in [0.29, 0.717) is 16.8 Å². The minimum absolute atomic E-state index is 0.0436. The molecule has 2 aromatic rings. The molecule has 3 amide bonds. The minimum Gasteiger partial charge on any atom is -0.373 e. The summed E-state index contributed by atoms with van der Waals surface area (Å²) in [5.74, 6) is -1.22. The highest BCUT2D eigenvalue weighted by atomic mass is 32.2. The van der Waals surface area contributed by atoms with Crippen LogP contribution < -0.4 is 5.32 Å². The summed E-state index contributed by atoms with van der Waals surface area (Å²) in [4.78, 5) is 38.3. The Labute approximate surface area is 192 Å². The average Bonchev–Trinajstić information content (AvgIpc) is 3.02. The third kappa shape index (κ3) is 4.68. The molecule has 1 fully saturated rings. The molecule has 4 rings (SSSR count).